The third-order valence-electron chi connectivity index (χ3n) is 2.77. The zero-order valence-electron chi connectivity index (χ0n) is 9.56. The van der Waals surface area contributed by atoms with Gasteiger partial charge in [-0.25, -0.2) is 4.57 Å². The number of carbonyl (C=O) groups is 1. The van der Waals surface area contributed by atoms with Crippen LogP contribution in [-0.4, -0.2) is 37.1 Å². The van der Waals surface area contributed by atoms with E-state index in [-0.39, 0.29) is 5.91 Å². The van der Waals surface area contributed by atoms with Gasteiger partial charge < -0.3 is 9.64 Å². The van der Waals surface area contributed by atoms with Crippen molar-refractivity contribution < 1.29 is 14.1 Å². The second-order valence-corrected chi connectivity index (χ2v) is 4.04. The molecular weight excluding hydrogens is 204 g/mol. The number of aryl methyl sites for hydroxylation is 1. The summed E-state index contributed by atoms with van der Waals surface area (Å²) in [7, 11) is 1.97. The molecule has 1 aliphatic rings. The number of hydrogen-bond donors (Lipinski definition) is 0. The monoisotopic (exact) mass is 221 g/mol. The minimum absolute atomic E-state index is 0.192. The van der Waals surface area contributed by atoms with Crippen LogP contribution in [0.5, 0.6) is 0 Å². The molecule has 4 nitrogen and oxygen atoms in total. The Labute approximate surface area is 95.4 Å². The van der Waals surface area contributed by atoms with Gasteiger partial charge in [0, 0.05) is 25.2 Å². The van der Waals surface area contributed by atoms with Crippen LogP contribution in [0.3, 0.4) is 0 Å². The van der Waals surface area contributed by atoms with Crippen molar-refractivity contribution >= 4 is 5.91 Å². The van der Waals surface area contributed by atoms with Crippen LogP contribution < -0.4 is 4.57 Å². The molecule has 2 heterocycles. The molecule has 0 atom stereocenters. The number of carbonyl (C=O) groups excluding carboxylic acids is 1. The Balaban J connectivity index is 1.93. The predicted molar refractivity (Wildman–Crippen MR) is 58.7 cm³/mol. The van der Waals surface area contributed by atoms with Gasteiger partial charge in [0.2, 0.25) is 5.91 Å². The number of nitrogens with zero attached hydrogens (tertiary/aromatic N) is 2. The van der Waals surface area contributed by atoms with Gasteiger partial charge in [-0.1, -0.05) is 0 Å². The molecule has 0 aliphatic carbocycles. The molecule has 16 heavy (non-hydrogen) atoms. The first-order valence-electron chi connectivity index (χ1n) is 5.55. The summed E-state index contributed by atoms with van der Waals surface area (Å²) in [6, 6.07) is 3.97. The minimum atomic E-state index is 0.192. The lowest BCUT2D eigenvalue weighted by Crippen LogP contribution is -2.41. The Hall–Kier alpha value is -1.42. The van der Waals surface area contributed by atoms with E-state index in [2.05, 4.69) is 0 Å². The second kappa shape index (κ2) is 5.07. The molecule has 0 aromatic carbocycles. The molecule has 4 heteroatoms. The summed E-state index contributed by atoms with van der Waals surface area (Å²) in [5.74, 6) is 0.192. The lowest BCUT2D eigenvalue weighted by molar-refractivity contribution is -0.671. The highest BCUT2D eigenvalue weighted by Crippen LogP contribution is 2.03. The molecular formula is C12H17N2O2+. The zero-order chi connectivity index (χ0) is 11.4. The summed E-state index contributed by atoms with van der Waals surface area (Å²) < 4.78 is 7.18. The Bertz CT molecular complexity index is 356. The smallest absolute Gasteiger partial charge is 0.227 e. The van der Waals surface area contributed by atoms with Crippen molar-refractivity contribution in [2.45, 2.75) is 6.42 Å². The predicted octanol–water partition coefficient (Wildman–Crippen LogP) is -0.0876. The van der Waals surface area contributed by atoms with Gasteiger partial charge in [0.25, 0.3) is 0 Å². The van der Waals surface area contributed by atoms with E-state index in [0.29, 0.717) is 19.6 Å². The summed E-state index contributed by atoms with van der Waals surface area (Å²) in [4.78, 5) is 13.8. The van der Waals surface area contributed by atoms with E-state index in [1.54, 1.807) is 0 Å². The van der Waals surface area contributed by atoms with E-state index in [1.807, 2.05) is 41.0 Å². The van der Waals surface area contributed by atoms with Gasteiger partial charge in [0.1, 0.15) is 7.05 Å². The molecule has 0 spiro atoms. The van der Waals surface area contributed by atoms with Gasteiger partial charge in [-0.05, 0) is 5.56 Å². The van der Waals surface area contributed by atoms with Crippen molar-refractivity contribution in [1.29, 1.82) is 0 Å². The third kappa shape index (κ3) is 2.79. The summed E-state index contributed by atoms with van der Waals surface area (Å²) in [5.41, 5.74) is 1.06. The summed E-state index contributed by atoms with van der Waals surface area (Å²) in [6.07, 6.45) is 4.41. The van der Waals surface area contributed by atoms with E-state index in [4.69, 9.17) is 4.74 Å². The van der Waals surface area contributed by atoms with Gasteiger partial charge in [-0.3, -0.25) is 4.79 Å². The first-order valence-corrected chi connectivity index (χ1v) is 5.55. The van der Waals surface area contributed by atoms with Crippen LogP contribution in [0.15, 0.2) is 24.5 Å². The molecule has 1 amide bonds. The fourth-order valence-corrected chi connectivity index (χ4v) is 1.75. The molecule has 1 aromatic rings. The van der Waals surface area contributed by atoms with Crippen molar-refractivity contribution in [3.8, 4) is 0 Å². The zero-order valence-corrected chi connectivity index (χ0v) is 9.56. The van der Waals surface area contributed by atoms with Crippen LogP contribution in [0.4, 0.5) is 0 Å². The lowest BCUT2D eigenvalue weighted by Gasteiger charge is -2.26. The van der Waals surface area contributed by atoms with E-state index in [1.165, 1.54) is 0 Å². The quantitative estimate of drug-likeness (QED) is 0.654. The van der Waals surface area contributed by atoms with Crippen molar-refractivity contribution in [3.05, 3.63) is 30.1 Å². The van der Waals surface area contributed by atoms with Crippen LogP contribution >= 0.6 is 0 Å². The van der Waals surface area contributed by atoms with Crippen molar-refractivity contribution in [3.63, 3.8) is 0 Å². The van der Waals surface area contributed by atoms with E-state index in [0.717, 1.165) is 18.7 Å². The average molecular weight is 221 g/mol. The SMILES string of the molecule is C[n+]1ccc(CC(=O)N2CCOCC2)cc1. The Morgan fingerprint density at radius 1 is 1.38 bits per heavy atom. The normalized spacial score (nSPS) is 16.2. The number of ether oxygens (including phenoxy) is 1. The van der Waals surface area contributed by atoms with Crippen molar-refractivity contribution in [2.24, 2.45) is 7.05 Å². The molecule has 1 aliphatic heterocycles. The van der Waals surface area contributed by atoms with Crippen LogP contribution in [0, 0.1) is 0 Å². The van der Waals surface area contributed by atoms with Crippen LogP contribution in [0.25, 0.3) is 0 Å². The maximum Gasteiger partial charge on any atom is 0.227 e. The van der Waals surface area contributed by atoms with Gasteiger partial charge in [0.05, 0.1) is 19.6 Å². The van der Waals surface area contributed by atoms with E-state index >= 15 is 0 Å². The average Bonchev–Trinajstić information content (AvgIpc) is 2.33. The number of pyridine rings is 1. The molecule has 0 bridgehead atoms. The first-order chi connectivity index (χ1) is 7.75. The fourth-order valence-electron chi connectivity index (χ4n) is 1.75. The highest BCUT2D eigenvalue weighted by molar-refractivity contribution is 5.78. The Morgan fingerprint density at radius 2 is 2.00 bits per heavy atom. The van der Waals surface area contributed by atoms with Crippen LogP contribution in [-0.2, 0) is 23.0 Å². The number of rotatable bonds is 2. The lowest BCUT2D eigenvalue weighted by atomic mass is 10.2. The van der Waals surface area contributed by atoms with E-state index in [9.17, 15) is 4.79 Å². The highest BCUT2D eigenvalue weighted by Gasteiger charge is 2.16. The summed E-state index contributed by atoms with van der Waals surface area (Å²) in [6.45, 7) is 2.77. The van der Waals surface area contributed by atoms with Gasteiger partial charge in [-0.15, -0.1) is 0 Å². The maximum atomic E-state index is 11.9. The number of aromatic nitrogens is 1. The molecule has 1 saturated heterocycles. The molecule has 1 aromatic heterocycles. The molecule has 0 radical (unpaired) electrons. The molecule has 86 valence electrons. The molecule has 0 unspecified atom stereocenters. The van der Waals surface area contributed by atoms with Crippen LogP contribution in [0.2, 0.25) is 0 Å². The summed E-state index contributed by atoms with van der Waals surface area (Å²) >= 11 is 0. The fraction of sp³-hybridized carbons (Fsp3) is 0.500. The number of morpholine rings is 1. The molecule has 2 rings (SSSR count). The topological polar surface area (TPSA) is 33.4 Å². The largest absolute Gasteiger partial charge is 0.378 e. The van der Waals surface area contributed by atoms with Crippen LogP contribution in [0.1, 0.15) is 5.56 Å². The van der Waals surface area contributed by atoms with Gasteiger partial charge >= 0.3 is 0 Å². The molecule has 0 saturated carbocycles. The Morgan fingerprint density at radius 3 is 2.62 bits per heavy atom. The molecule has 0 N–H and O–H groups in total. The number of hydrogen-bond acceptors (Lipinski definition) is 2. The van der Waals surface area contributed by atoms with Crippen molar-refractivity contribution in [2.75, 3.05) is 26.3 Å². The van der Waals surface area contributed by atoms with Crippen molar-refractivity contribution in [1.82, 2.24) is 4.90 Å². The van der Waals surface area contributed by atoms with Gasteiger partial charge in [0.15, 0.2) is 12.4 Å². The Kier molecular flexibility index (Phi) is 3.51. The minimum Gasteiger partial charge on any atom is -0.378 e. The highest BCUT2D eigenvalue weighted by atomic mass is 16.5. The maximum absolute atomic E-state index is 11.9. The third-order valence-corrected chi connectivity index (χ3v) is 2.77. The number of amides is 1. The molecule has 1 fully saturated rings. The van der Waals surface area contributed by atoms with Gasteiger partial charge in [-0.2, -0.15) is 0 Å². The standard InChI is InChI=1S/C12H17N2O2/c1-13-4-2-11(3-5-13)10-12(15)14-6-8-16-9-7-14/h2-5H,6-10H2,1H3/q+1. The van der Waals surface area contributed by atoms with E-state index < -0.39 is 0 Å². The summed E-state index contributed by atoms with van der Waals surface area (Å²) in [5, 5.41) is 0. The first kappa shape index (κ1) is 11.1. The second-order valence-electron chi connectivity index (χ2n) is 4.04.